The van der Waals surface area contributed by atoms with E-state index in [1.165, 1.54) is 13.4 Å². The van der Waals surface area contributed by atoms with Crippen LogP contribution in [-0.4, -0.2) is 41.5 Å². The average Bonchev–Trinajstić information content (AvgIpc) is 3.53. The summed E-state index contributed by atoms with van der Waals surface area (Å²) in [5.41, 5.74) is 0.540. The van der Waals surface area contributed by atoms with Crippen molar-refractivity contribution in [2.45, 2.75) is 19.9 Å². The average molecular weight is 468 g/mol. The molecule has 1 aliphatic heterocycles. The van der Waals surface area contributed by atoms with Crippen LogP contribution in [0.5, 0.6) is 5.75 Å². The molecule has 10 heteroatoms. The van der Waals surface area contributed by atoms with Gasteiger partial charge in [0, 0.05) is 5.56 Å². The van der Waals surface area contributed by atoms with Gasteiger partial charge in [-0.25, -0.2) is 9.78 Å². The Kier molecular flexibility index (Phi) is 6.01. The molecule has 170 valence electrons. The zero-order valence-electron chi connectivity index (χ0n) is 18.0. The van der Waals surface area contributed by atoms with E-state index >= 15 is 0 Å². The number of rotatable bonds is 6. The van der Waals surface area contributed by atoms with Crippen molar-refractivity contribution in [3.63, 3.8) is 0 Å². The number of Topliss-reactive ketones (excluding diaryl/α,β-unsaturated/α-hetero) is 1. The highest BCUT2D eigenvalue weighted by Gasteiger charge is 2.49. The number of aliphatic hydroxyl groups is 1. The van der Waals surface area contributed by atoms with Gasteiger partial charge in [0.2, 0.25) is 0 Å². The molecule has 0 saturated carbocycles. The highest BCUT2D eigenvalue weighted by molar-refractivity contribution is 7.17. The topological polar surface area (TPSA) is 119 Å². The lowest BCUT2D eigenvalue weighted by Gasteiger charge is -2.20. The molecule has 2 aromatic heterocycles. The lowest BCUT2D eigenvalue weighted by Crippen LogP contribution is -2.29. The molecule has 1 amide bonds. The Morgan fingerprint density at radius 2 is 1.97 bits per heavy atom. The van der Waals surface area contributed by atoms with Crippen LogP contribution in [0.15, 0.2) is 52.7 Å². The Labute approximate surface area is 192 Å². The lowest BCUT2D eigenvalue weighted by atomic mass is 9.99. The molecule has 1 atom stereocenters. The first kappa shape index (κ1) is 22.3. The Bertz CT molecular complexity index is 1240. The standard InChI is InChI=1S/C23H20N2O7S/c1-4-31-14-9-7-13(8-10-14)18(26)16-17(15-6-5-11-32-15)25(21(28)19(16)27)23-24-12(2)20(33-23)22(29)30-3/h5-11,17,26H,4H2,1-3H3/b18-16-. The minimum atomic E-state index is -1.07. The van der Waals surface area contributed by atoms with Crippen molar-refractivity contribution in [2.24, 2.45) is 0 Å². The van der Waals surface area contributed by atoms with Crippen molar-refractivity contribution in [2.75, 3.05) is 18.6 Å². The fraction of sp³-hybridized carbons (Fsp3) is 0.217. The van der Waals surface area contributed by atoms with E-state index in [-0.39, 0.29) is 27.1 Å². The molecule has 3 aromatic rings. The van der Waals surface area contributed by atoms with Crippen molar-refractivity contribution < 1.29 is 33.4 Å². The van der Waals surface area contributed by atoms with E-state index in [9.17, 15) is 19.5 Å². The summed E-state index contributed by atoms with van der Waals surface area (Å²) >= 11 is 0.918. The number of aromatic nitrogens is 1. The van der Waals surface area contributed by atoms with Crippen LogP contribution in [0.2, 0.25) is 0 Å². The quantitative estimate of drug-likeness (QED) is 0.251. The molecule has 9 nitrogen and oxygen atoms in total. The number of amides is 1. The van der Waals surface area contributed by atoms with Gasteiger partial charge in [0.25, 0.3) is 5.78 Å². The van der Waals surface area contributed by atoms with Crippen molar-refractivity contribution in [1.29, 1.82) is 0 Å². The molecule has 3 heterocycles. The zero-order valence-corrected chi connectivity index (χ0v) is 18.8. The Hall–Kier alpha value is -3.92. The molecule has 1 aliphatic rings. The number of carbonyl (C=O) groups is 3. The number of esters is 1. The molecule has 1 unspecified atom stereocenters. The molecule has 4 rings (SSSR count). The molecule has 1 N–H and O–H groups in total. The van der Waals surface area contributed by atoms with Gasteiger partial charge < -0.3 is 19.0 Å². The molecular formula is C23H20N2O7S. The zero-order chi connectivity index (χ0) is 23.7. The van der Waals surface area contributed by atoms with E-state index in [0.717, 1.165) is 16.2 Å². The van der Waals surface area contributed by atoms with Crippen LogP contribution in [0, 0.1) is 6.92 Å². The first-order valence-electron chi connectivity index (χ1n) is 10.0. The van der Waals surface area contributed by atoms with Gasteiger partial charge in [-0.1, -0.05) is 11.3 Å². The van der Waals surface area contributed by atoms with Gasteiger partial charge in [0.15, 0.2) is 5.13 Å². The number of hydrogen-bond acceptors (Lipinski definition) is 9. The first-order valence-corrected chi connectivity index (χ1v) is 10.8. The molecule has 1 fully saturated rings. The van der Waals surface area contributed by atoms with Crippen LogP contribution < -0.4 is 9.64 Å². The van der Waals surface area contributed by atoms with Gasteiger partial charge in [0.1, 0.15) is 28.2 Å². The summed E-state index contributed by atoms with van der Waals surface area (Å²) in [5, 5.41) is 11.2. The molecule has 0 aliphatic carbocycles. The second-order valence-electron chi connectivity index (χ2n) is 7.04. The SMILES string of the molecule is CCOc1ccc(/C(O)=C2/C(=O)C(=O)N(c3nc(C)c(C(=O)OC)s3)C2c2ccco2)cc1. The molecule has 0 bridgehead atoms. The van der Waals surface area contributed by atoms with Gasteiger partial charge in [-0.3, -0.25) is 14.5 Å². The smallest absolute Gasteiger partial charge is 0.350 e. The predicted octanol–water partition coefficient (Wildman–Crippen LogP) is 3.86. The summed E-state index contributed by atoms with van der Waals surface area (Å²) in [5.74, 6) is -1.89. The molecular weight excluding hydrogens is 448 g/mol. The maximum absolute atomic E-state index is 13.1. The summed E-state index contributed by atoms with van der Waals surface area (Å²) in [7, 11) is 1.24. The van der Waals surface area contributed by atoms with Crippen molar-refractivity contribution in [3.05, 3.63) is 70.1 Å². The summed E-state index contributed by atoms with van der Waals surface area (Å²) in [6.45, 7) is 3.94. The minimum absolute atomic E-state index is 0.113. The number of ketones is 1. The van der Waals surface area contributed by atoms with E-state index < -0.39 is 23.7 Å². The van der Waals surface area contributed by atoms with Crippen LogP contribution in [0.1, 0.15) is 39.7 Å². The molecule has 1 aromatic carbocycles. The fourth-order valence-electron chi connectivity index (χ4n) is 3.54. The largest absolute Gasteiger partial charge is 0.507 e. The molecule has 0 radical (unpaired) electrons. The number of thiazole rings is 1. The van der Waals surface area contributed by atoms with E-state index in [0.29, 0.717) is 23.6 Å². The summed E-state index contributed by atoms with van der Waals surface area (Å²) in [4.78, 5) is 43.8. The fourth-order valence-corrected chi connectivity index (χ4v) is 4.56. The number of hydrogen-bond donors (Lipinski definition) is 1. The third-order valence-electron chi connectivity index (χ3n) is 5.06. The van der Waals surface area contributed by atoms with Crippen molar-refractivity contribution in [1.82, 2.24) is 4.98 Å². The number of benzene rings is 1. The number of methoxy groups -OCH3 is 1. The number of aryl methyl sites for hydroxylation is 1. The molecule has 33 heavy (non-hydrogen) atoms. The Morgan fingerprint density at radius 3 is 2.58 bits per heavy atom. The number of anilines is 1. The van der Waals surface area contributed by atoms with E-state index in [1.807, 2.05) is 6.92 Å². The molecule has 0 spiro atoms. The second kappa shape index (κ2) is 8.91. The highest BCUT2D eigenvalue weighted by atomic mass is 32.1. The van der Waals surface area contributed by atoms with Gasteiger partial charge in [0.05, 0.1) is 31.2 Å². The monoisotopic (exact) mass is 468 g/mol. The normalized spacial score (nSPS) is 17.4. The van der Waals surface area contributed by atoms with E-state index in [4.69, 9.17) is 13.9 Å². The van der Waals surface area contributed by atoms with Gasteiger partial charge in [-0.05, 0) is 50.2 Å². The van der Waals surface area contributed by atoms with Crippen LogP contribution >= 0.6 is 11.3 Å². The van der Waals surface area contributed by atoms with Gasteiger partial charge in [-0.15, -0.1) is 0 Å². The Balaban J connectivity index is 1.85. The minimum Gasteiger partial charge on any atom is -0.507 e. The Morgan fingerprint density at radius 1 is 1.24 bits per heavy atom. The third kappa shape index (κ3) is 3.89. The van der Waals surface area contributed by atoms with Crippen LogP contribution in [0.25, 0.3) is 5.76 Å². The van der Waals surface area contributed by atoms with Crippen LogP contribution in [-0.2, 0) is 14.3 Å². The van der Waals surface area contributed by atoms with Gasteiger partial charge in [-0.2, -0.15) is 0 Å². The number of furan rings is 1. The number of aliphatic hydroxyl groups excluding tert-OH is 1. The summed E-state index contributed by atoms with van der Waals surface area (Å²) in [6, 6.07) is 8.64. The molecule has 1 saturated heterocycles. The van der Waals surface area contributed by atoms with Crippen LogP contribution in [0.3, 0.4) is 0 Å². The number of carbonyl (C=O) groups excluding carboxylic acids is 3. The van der Waals surface area contributed by atoms with Crippen LogP contribution in [0.4, 0.5) is 5.13 Å². The van der Waals surface area contributed by atoms with Crippen molar-refractivity contribution >= 4 is 39.9 Å². The predicted molar refractivity (Wildman–Crippen MR) is 119 cm³/mol. The van der Waals surface area contributed by atoms with Crippen molar-refractivity contribution in [3.8, 4) is 5.75 Å². The summed E-state index contributed by atoms with van der Waals surface area (Å²) in [6.07, 6.45) is 1.40. The van der Waals surface area contributed by atoms with E-state index in [2.05, 4.69) is 4.98 Å². The van der Waals surface area contributed by atoms with Gasteiger partial charge >= 0.3 is 11.9 Å². The summed E-state index contributed by atoms with van der Waals surface area (Å²) < 4.78 is 15.7. The first-order chi connectivity index (χ1) is 15.9. The number of ether oxygens (including phenoxy) is 2. The maximum atomic E-state index is 13.1. The third-order valence-corrected chi connectivity index (χ3v) is 6.19. The van der Waals surface area contributed by atoms with E-state index in [1.54, 1.807) is 43.3 Å². The number of nitrogens with zero attached hydrogens (tertiary/aromatic N) is 2. The second-order valence-corrected chi connectivity index (χ2v) is 8.02. The maximum Gasteiger partial charge on any atom is 0.350 e. The highest BCUT2D eigenvalue weighted by Crippen LogP contribution is 2.44. The lowest BCUT2D eigenvalue weighted by molar-refractivity contribution is -0.132.